The molecule has 2 aromatic rings. The summed E-state index contributed by atoms with van der Waals surface area (Å²) in [5.41, 5.74) is 1.79. The van der Waals surface area contributed by atoms with Gasteiger partial charge >= 0.3 is 0 Å². The lowest BCUT2D eigenvalue weighted by Gasteiger charge is -2.37. The van der Waals surface area contributed by atoms with Crippen molar-refractivity contribution >= 4 is 35.2 Å². The van der Waals surface area contributed by atoms with Crippen LogP contribution in [0.3, 0.4) is 0 Å². The Labute approximate surface area is 253 Å². The molecule has 5 atom stereocenters. The number of anilines is 1. The summed E-state index contributed by atoms with van der Waals surface area (Å²) in [6.07, 6.45) is 7.08. The molecule has 8 heteroatoms. The summed E-state index contributed by atoms with van der Waals surface area (Å²) in [4.78, 5) is 48.6. The molecule has 7 nitrogen and oxygen atoms in total. The summed E-state index contributed by atoms with van der Waals surface area (Å²) < 4.78 is -0.650. The maximum atomic E-state index is 14.6. The third-order valence-corrected chi connectivity index (χ3v) is 10.9. The quantitative estimate of drug-likeness (QED) is 0.257. The molecule has 3 aliphatic heterocycles. The number of likely N-dealkylation sites (tertiary alicyclic amines) is 1. The second kappa shape index (κ2) is 13.3. The molecule has 2 bridgehead atoms. The predicted molar refractivity (Wildman–Crippen MR) is 168 cm³/mol. The largest absolute Gasteiger partial charge is 0.396 e. The van der Waals surface area contributed by atoms with Crippen molar-refractivity contribution in [2.45, 2.75) is 54.7 Å². The Hall–Kier alpha value is -3.36. The molecule has 3 saturated heterocycles. The van der Waals surface area contributed by atoms with Gasteiger partial charge in [0, 0.05) is 43.7 Å². The van der Waals surface area contributed by atoms with Crippen LogP contribution >= 0.6 is 11.8 Å². The van der Waals surface area contributed by atoms with Gasteiger partial charge in [0.1, 0.15) is 6.04 Å². The van der Waals surface area contributed by atoms with Crippen LogP contribution in [0.25, 0.3) is 0 Å². The van der Waals surface area contributed by atoms with Gasteiger partial charge in [0.05, 0.1) is 16.6 Å². The van der Waals surface area contributed by atoms with Crippen LogP contribution < -0.4 is 4.90 Å². The van der Waals surface area contributed by atoms with Crippen molar-refractivity contribution in [2.75, 3.05) is 31.1 Å². The van der Waals surface area contributed by atoms with Crippen LogP contribution in [0.1, 0.15) is 37.7 Å². The van der Waals surface area contributed by atoms with E-state index in [0.29, 0.717) is 39.0 Å². The van der Waals surface area contributed by atoms with E-state index in [0.717, 1.165) is 30.5 Å². The number of amides is 3. The summed E-state index contributed by atoms with van der Waals surface area (Å²) >= 11 is 1.70. The number of carbonyl (C=O) groups excluding carboxylic acids is 3. The number of rotatable bonds is 14. The van der Waals surface area contributed by atoms with Crippen molar-refractivity contribution in [2.24, 2.45) is 11.8 Å². The molecule has 0 aromatic heterocycles. The molecule has 0 aliphatic carbocycles. The number of benzene rings is 2. The summed E-state index contributed by atoms with van der Waals surface area (Å²) in [5, 5.41) is 9.30. The second-order valence-corrected chi connectivity index (χ2v) is 13.0. The smallest absolute Gasteiger partial charge is 0.247 e. The van der Waals surface area contributed by atoms with Crippen molar-refractivity contribution < 1.29 is 19.5 Å². The first-order valence-electron chi connectivity index (χ1n) is 15.0. The molecule has 3 heterocycles. The third-order valence-electron chi connectivity index (χ3n) is 8.90. The van der Waals surface area contributed by atoms with E-state index in [2.05, 4.69) is 13.2 Å². The SMILES string of the molecule is C=CCN(Cc1ccccc1)C(=O)C1N(CCCCCO)C(=O)[C@@H]2[C@H](C(=O)N(CC=C)c3ccccc3)[C@@H]3CCC12S3. The molecule has 3 aliphatic rings. The van der Waals surface area contributed by atoms with Crippen LogP contribution in [0.5, 0.6) is 0 Å². The molecular weight excluding hydrogens is 546 g/mol. The van der Waals surface area contributed by atoms with E-state index in [4.69, 9.17) is 0 Å². The Morgan fingerprint density at radius 3 is 2.33 bits per heavy atom. The lowest BCUT2D eigenvalue weighted by molar-refractivity contribution is -0.143. The zero-order valence-corrected chi connectivity index (χ0v) is 25.0. The normalized spacial score (nSPS) is 25.7. The summed E-state index contributed by atoms with van der Waals surface area (Å²) in [6, 6.07) is 18.8. The fourth-order valence-corrected chi connectivity index (χ4v) is 9.34. The van der Waals surface area contributed by atoms with Gasteiger partial charge in [0.25, 0.3) is 0 Å². The number of thioether (sulfide) groups is 1. The minimum Gasteiger partial charge on any atom is -0.396 e. The Morgan fingerprint density at radius 1 is 0.976 bits per heavy atom. The zero-order valence-electron chi connectivity index (χ0n) is 24.1. The van der Waals surface area contributed by atoms with Gasteiger partial charge in [-0.2, -0.15) is 0 Å². The van der Waals surface area contributed by atoms with Crippen molar-refractivity contribution in [1.29, 1.82) is 0 Å². The van der Waals surface area contributed by atoms with E-state index in [-0.39, 0.29) is 29.6 Å². The van der Waals surface area contributed by atoms with Gasteiger partial charge in [-0.15, -0.1) is 24.9 Å². The first-order chi connectivity index (χ1) is 20.5. The molecule has 3 amide bonds. The third kappa shape index (κ3) is 5.54. The molecule has 3 fully saturated rings. The highest BCUT2D eigenvalue weighted by Gasteiger charge is 2.74. The number of nitrogens with zero attached hydrogens (tertiary/aromatic N) is 3. The highest BCUT2D eigenvalue weighted by Crippen LogP contribution is 2.66. The highest BCUT2D eigenvalue weighted by molar-refractivity contribution is 8.02. The number of unbranched alkanes of at least 4 members (excludes halogenated alkanes) is 2. The minimum atomic E-state index is -0.650. The first-order valence-corrected chi connectivity index (χ1v) is 15.8. The van der Waals surface area contributed by atoms with Gasteiger partial charge in [-0.25, -0.2) is 0 Å². The maximum absolute atomic E-state index is 14.6. The molecule has 1 spiro atoms. The molecule has 42 heavy (non-hydrogen) atoms. The number of carbonyl (C=O) groups is 3. The number of aliphatic hydroxyl groups is 1. The molecule has 5 rings (SSSR count). The van der Waals surface area contributed by atoms with Crippen LogP contribution in [-0.4, -0.2) is 74.9 Å². The van der Waals surface area contributed by atoms with Gasteiger partial charge in [-0.3, -0.25) is 14.4 Å². The number of hydrogen-bond acceptors (Lipinski definition) is 5. The second-order valence-electron chi connectivity index (χ2n) is 11.4. The van der Waals surface area contributed by atoms with E-state index >= 15 is 0 Å². The lowest BCUT2D eigenvalue weighted by Crippen LogP contribution is -2.55. The summed E-state index contributed by atoms with van der Waals surface area (Å²) in [6.45, 7) is 9.46. The van der Waals surface area contributed by atoms with Gasteiger partial charge in [-0.1, -0.05) is 60.7 Å². The topological polar surface area (TPSA) is 81.2 Å². The van der Waals surface area contributed by atoms with E-state index in [1.165, 1.54) is 0 Å². The van der Waals surface area contributed by atoms with Crippen LogP contribution in [0, 0.1) is 11.8 Å². The number of hydrogen-bond donors (Lipinski definition) is 1. The number of aliphatic hydroxyl groups excluding tert-OH is 1. The minimum absolute atomic E-state index is 0.0173. The maximum Gasteiger partial charge on any atom is 0.247 e. The van der Waals surface area contributed by atoms with Gasteiger partial charge < -0.3 is 19.8 Å². The molecule has 1 N–H and O–H groups in total. The highest BCUT2D eigenvalue weighted by atomic mass is 32.2. The summed E-state index contributed by atoms with van der Waals surface area (Å²) in [7, 11) is 0. The average Bonchev–Trinajstić information content (AvgIpc) is 3.65. The Bertz CT molecular complexity index is 1290. The van der Waals surface area contributed by atoms with Gasteiger partial charge in [0.2, 0.25) is 17.7 Å². The van der Waals surface area contributed by atoms with E-state index in [1.807, 2.05) is 60.7 Å². The van der Waals surface area contributed by atoms with Crippen molar-refractivity contribution in [3.8, 4) is 0 Å². The molecule has 2 unspecified atom stereocenters. The fourth-order valence-electron chi connectivity index (χ4n) is 7.13. The average molecular weight is 588 g/mol. The fraction of sp³-hybridized carbons (Fsp3) is 0.441. The summed E-state index contributed by atoms with van der Waals surface area (Å²) in [5.74, 6) is -1.30. The molecular formula is C34H41N3O4S. The lowest BCUT2D eigenvalue weighted by atomic mass is 9.70. The zero-order chi connectivity index (χ0) is 29.7. The van der Waals surface area contributed by atoms with Crippen LogP contribution in [0.15, 0.2) is 86.0 Å². The Kier molecular flexibility index (Phi) is 9.53. The number of fused-ring (bicyclic) bond motifs is 1. The molecule has 2 aromatic carbocycles. The van der Waals surface area contributed by atoms with E-state index < -0.39 is 22.6 Å². The monoisotopic (exact) mass is 587 g/mol. The molecule has 222 valence electrons. The van der Waals surface area contributed by atoms with Crippen molar-refractivity contribution in [3.05, 3.63) is 91.5 Å². The van der Waals surface area contributed by atoms with Crippen molar-refractivity contribution in [3.63, 3.8) is 0 Å². The standard InChI is InChI=1S/C34H41N3O4S/c1-3-20-35(24-25-14-8-5-9-15-25)33(41)30-34-19-18-27(42-34)28(29(34)32(40)37(30)22-12-7-13-23-38)31(39)36(21-4-2)26-16-10-6-11-17-26/h3-6,8-11,14-17,27-30,38H,1-2,7,12-13,18-24H2/t27-,28+,29-,30?,34?/m0/s1. The van der Waals surface area contributed by atoms with Crippen molar-refractivity contribution in [1.82, 2.24) is 9.80 Å². The molecule has 0 radical (unpaired) electrons. The first kappa shape index (κ1) is 30.1. The van der Waals surface area contributed by atoms with Gasteiger partial charge in [-0.05, 0) is 49.8 Å². The molecule has 0 saturated carbocycles. The van der Waals surface area contributed by atoms with Crippen LogP contribution in [-0.2, 0) is 20.9 Å². The van der Waals surface area contributed by atoms with E-state index in [9.17, 15) is 19.5 Å². The Morgan fingerprint density at radius 2 is 1.67 bits per heavy atom. The number of para-hydroxylation sites is 1. The van der Waals surface area contributed by atoms with Gasteiger partial charge in [0.15, 0.2) is 0 Å². The Balaban J connectivity index is 1.50. The van der Waals surface area contributed by atoms with E-state index in [1.54, 1.807) is 38.6 Å². The predicted octanol–water partition coefficient (Wildman–Crippen LogP) is 4.67. The van der Waals surface area contributed by atoms with Crippen LogP contribution in [0.2, 0.25) is 0 Å². The van der Waals surface area contributed by atoms with Crippen LogP contribution in [0.4, 0.5) is 5.69 Å².